The molecule has 0 N–H and O–H groups in total. The number of hydrogen-bond acceptors (Lipinski definition) is 4. The van der Waals surface area contributed by atoms with E-state index in [1.807, 2.05) is 18.2 Å². The van der Waals surface area contributed by atoms with Gasteiger partial charge in [0.1, 0.15) is 10.9 Å². The molecule has 0 fully saturated rings. The fourth-order valence-electron chi connectivity index (χ4n) is 2.47. The minimum Gasteiger partial charge on any atom is -0.454 e. The molecule has 106 valence electrons. The van der Waals surface area contributed by atoms with Gasteiger partial charge >= 0.3 is 0 Å². The van der Waals surface area contributed by atoms with Crippen molar-refractivity contribution in [3.8, 4) is 11.5 Å². The van der Waals surface area contributed by atoms with Crippen molar-refractivity contribution in [2.24, 2.45) is 4.99 Å². The molecular weight excluding hydrogens is 289 g/mol. The van der Waals surface area contributed by atoms with Gasteiger partial charge in [-0.1, -0.05) is 23.9 Å². The van der Waals surface area contributed by atoms with Gasteiger partial charge in [0.2, 0.25) is 6.79 Å². The third-order valence-corrected chi connectivity index (χ3v) is 4.60. The molecule has 4 rings (SSSR count). The van der Waals surface area contributed by atoms with E-state index in [1.54, 1.807) is 12.1 Å². The maximum absolute atomic E-state index is 13.8. The van der Waals surface area contributed by atoms with E-state index in [0.717, 1.165) is 28.5 Å². The van der Waals surface area contributed by atoms with Crippen molar-refractivity contribution in [2.45, 2.75) is 11.3 Å². The van der Waals surface area contributed by atoms with Crippen LogP contribution in [0.1, 0.15) is 11.1 Å². The lowest BCUT2D eigenvalue weighted by Gasteiger charge is -2.17. The highest BCUT2D eigenvalue weighted by atomic mass is 32.2. The molecular formula is C16H12FNO2S. The number of ether oxygens (including phenoxy) is 2. The van der Waals surface area contributed by atoms with Crippen LogP contribution in [0.15, 0.2) is 46.3 Å². The molecule has 2 aromatic rings. The van der Waals surface area contributed by atoms with Crippen molar-refractivity contribution < 1.29 is 13.9 Å². The lowest BCUT2D eigenvalue weighted by molar-refractivity contribution is 0.174. The minimum absolute atomic E-state index is 0.224. The number of hydrogen-bond donors (Lipinski definition) is 0. The molecule has 2 heterocycles. The standard InChI is InChI=1S/C16H12FNO2S/c17-12-3-1-2-4-15(12)21-16-11-8-14-13(19-9-20-14)7-10(11)5-6-18-16/h1-4,7-8H,5-6,9H2. The average Bonchev–Trinajstić information content (AvgIpc) is 2.95. The van der Waals surface area contributed by atoms with E-state index in [0.29, 0.717) is 11.4 Å². The molecule has 0 aliphatic carbocycles. The van der Waals surface area contributed by atoms with Gasteiger partial charge < -0.3 is 9.47 Å². The predicted octanol–water partition coefficient (Wildman–Crippen LogP) is 3.65. The highest BCUT2D eigenvalue weighted by molar-refractivity contribution is 8.14. The number of benzene rings is 2. The number of thioether (sulfide) groups is 1. The Kier molecular flexibility index (Phi) is 3.07. The first-order valence-electron chi connectivity index (χ1n) is 6.71. The van der Waals surface area contributed by atoms with Crippen LogP contribution in [0.3, 0.4) is 0 Å². The number of rotatable bonds is 1. The second-order valence-electron chi connectivity index (χ2n) is 4.83. The maximum Gasteiger partial charge on any atom is 0.231 e. The van der Waals surface area contributed by atoms with Crippen LogP contribution in [0, 0.1) is 5.82 Å². The van der Waals surface area contributed by atoms with Crippen LogP contribution in [-0.4, -0.2) is 18.4 Å². The molecule has 3 nitrogen and oxygen atoms in total. The van der Waals surface area contributed by atoms with Gasteiger partial charge in [-0.15, -0.1) is 0 Å². The summed E-state index contributed by atoms with van der Waals surface area (Å²) in [6.45, 7) is 0.967. The molecule has 0 unspecified atom stereocenters. The Balaban J connectivity index is 1.72. The fraction of sp³-hybridized carbons (Fsp3) is 0.188. The van der Waals surface area contributed by atoms with Crippen LogP contribution in [-0.2, 0) is 6.42 Å². The van der Waals surface area contributed by atoms with Crippen molar-refractivity contribution in [3.63, 3.8) is 0 Å². The molecule has 0 amide bonds. The molecule has 0 radical (unpaired) electrons. The summed E-state index contributed by atoms with van der Waals surface area (Å²) in [6.07, 6.45) is 0.868. The molecule has 0 atom stereocenters. The first-order chi connectivity index (χ1) is 10.3. The zero-order valence-electron chi connectivity index (χ0n) is 11.1. The summed E-state index contributed by atoms with van der Waals surface area (Å²) in [6, 6.07) is 10.7. The van der Waals surface area contributed by atoms with E-state index in [4.69, 9.17) is 9.47 Å². The van der Waals surface area contributed by atoms with E-state index in [-0.39, 0.29) is 12.6 Å². The van der Waals surface area contributed by atoms with E-state index in [9.17, 15) is 4.39 Å². The summed E-state index contributed by atoms with van der Waals surface area (Å²) in [5, 5.41) is 0.833. The summed E-state index contributed by atoms with van der Waals surface area (Å²) in [5.41, 5.74) is 2.19. The Labute approximate surface area is 125 Å². The van der Waals surface area contributed by atoms with Gasteiger partial charge in [-0.3, -0.25) is 4.99 Å². The topological polar surface area (TPSA) is 30.8 Å². The van der Waals surface area contributed by atoms with Crippen LogP contribution in [0.2, 0.25) is 0 Å². The van der Waals surface area contributed by atoms with Crippen LogP contribution in [0.25, 0.3) is 0 Å². The second-order valence-corrected chi connectivity index (χ2v) is 5.86. The summed E-state index contributed by atoms with van der Waals surface area (Å²) in [4.78, 5) is 5.13. The summed E-state index contributed by atoms with van der Waals surface area (Å²) in [7, 11) is 0. The van der Waals surface area contributed by atoms with Gasteiger partial charge in [0, 0.05) is 17.0 Å². The number of nitrogens with zero attached hydrogens (tertiary/aromatic N) is 1. The maximum atomic E-state index is 13.8. The van der Waals surface area contributed by atoms with Gasteiger partial charge in [0.05, 0.1) is 0 Å². The molecule has 0 saturated carbocycles. The third-order valence-electron chi connectivity index (χ3n) is 3.51. The highest BCUT2D eigenvalue weighted by Crippen LogP contribution is 2.38. The quantitative estimate of drug-likeness (QED) is 0.805. The second kappa shape index (κ2) is 5.07. The predicted molar refractivity (Wildman–Crippen MR) is 79.9 cm³/mol. The van der Waals surface area contributed by atoms with Gasteiger partial charge in [-0.05, 0) is 36.2 Å². The molecule has 5 heteroatoms. The van der Waals surface area contributed by atoms with Crippen molar-refractivity contribution in [2.75, 3.05) is 13.3 Å². The molecule has 0 bridgehead atoms. The normalized spacial score (nSPS) is 15.6. The summed E-state index contributed by atoms with van der Waals surface area (Å²) in [5.74, 6) is 1.29. The Morgan fingerprint density at radius 3 is 2.76 bits per heavy atom. The van der Waals surface area contributed by atoms with Crippen LogP contribution >= 0.6 is 11.8 Å². The first kappa shape index (κ1) is 12.7. The SMILES string of the molecule is Fc1ccccc1SC1=NCCc2cc3c(cc21)OCO3. The van der Waals surface area contributed by atoms with Gasteiger partial charge in [-0.2, -0.15) is 0 Å². The number of aliphatic imine (C=N–C) groups is 1. The van der Waals surface area contributed by atoms with E-state index >= 15 is 0 Å². The largest absolute Gasteiger partial charge is 0.454 e. The van der Waals surface area contributed by atoms with Crippen molar-refractivity contribution in [1.82, 2.24) is 0 Å². The Morgan fingerprint density at radius 2 is 1.90 bits per heavy atom. The highest BCUT2D eigenvalue weighted by Gasteiger charge is 2.22. The monoisotopic (exact) mass is 301 g/mol. The zero-order valence-corrected chi connectivity index (χ0v) is 12.0. The Morgan fingerprint density at radius 1 is 1.10 bits per heavy atom. The Hall–Kier alpha value is -2.01. The third kappa shape index (κ3) is 2.27. The molecule has 2 aromatic carbocycles. The average molecular weight is 301 g/mol. The minimum atomic E-state index is -0.224. The van der Waals surface area contributed by atoms with Crippen LogP contribution in [0.5, 0.6) is 11.5 Å². The number of halogens is 1. The molecule has 2 aliphatic rings. The molecule has 0 saturated heterocycles. The van der Waals surface area contributed by atoms with Gasteiger partial charge in [-0.25, -0.2) is 4.39 Å². The number of fused-ring (bicyclic) bond motifs is 2. The van der Waals surface area contributed by atoms with Crippen molar-refractivity contribution in [1.29, 1.82) is 0 Å². The Bertz CT molecular complexity index is 745. The van der Waals surface area contributed by atoms with Crippen LogP contribution < -0.4 is 9.47 Å². The molecule has 0 spiro atoms. The zero-order chi connectivity index (χ0) is 14.2. The van der Waals surface area contributed by atoms with Crippen molar-refractivity contribution >= 4 is 16.8 Å². The van der Waals surface area contributed by atoms with E-state index in [1.165, 1.54) is 23.4 Å². The lowest BCUT2D eigenvalue weighted by Crippen LogP contribution is -2.10. The van der Waals surface area contributed by atoms with Gasteiger partial charge in [0.15, 0.2) is 11.5 Å². The van der Waals surface area contributed by atoms with Gasteiger partial charge in [0.25, 0.3) is 0 Å². The van der Waals surface area contributed by atoms with E-state index in [2.05, 4.69) is 4.99 Å². The smallest absolute Gasteiger partial charge is 0.231 e. The van der Waals surface area contributed by atoms with Crippen LogP contribution in [0.4, 0.5) is 4.39 Å². The molecule has 0 aromatic heterocycles. The fourth-order valence-corrected chi connectivity index (χ4v) is 3.45. The molecule has 2 aliphatic heterocycles. The summed E-state index contributed by atoms with van der Waals surface area (Å²) >= 11 is 1.36. The summed E-state index contributed by atoms with van der Waals surface area (Å²) < 4.78 is 24.7. The lowest BCUT2D eigenvalue weighted by atomic mass is 10.0. The molecule has 21 heavy (non-hydrogen) atoms. The van der Waals surface area contributed by atoms with Crippen molar-refractivity contribution in [3.05, 3.63) is 53.3 Å². The van der Waals surface area contributed by atoms with E-state index < -0.39 is 0 Å². The first-order valence-corrected chi connectivity index (χ1v) is 7.52.